The molecule has 3 aromatic carbocycles. The molecule has 0 aliphatic rings. The van der Waals surface area contributed by atoms with Crippen molar-refractivity contribution in [1.29, 1.82) is 0 Å². The molecule has 5 heteroatoms. The van der Waals surface area contributed by atoms with Gasteiger partial charge >= 0.3 is 27.5 Å². The Labute approximate surface area is 232 Å². The summed E-state index contributed by atoms with van der Waals surface area (Å²) in [6.45, 7) is 19.5. The number of benzene rings is 3. The average Bonchev–Trinajstić information content (AvgIpc) is 2.82. The van der Waals surface area contributed by atoms with Crippen LogP contribution in [0.5, 0.6) is 0 Å². The molecule has 0 saturated carbocycles. The standard InChI is InChI=1S/C30H41BP2.ClH.Ir.2H/c1-22(2)32(23(3)4)29-20-14-12-18-27(29)31(26-16-10-9-11-17-26)28-19-13-15-21-30(28)33(24(5)6)25(7)8;;;;/h9-25H,1-8H3;1H;;;/q;;+1;;/p-1. The molecule has 35 heavy (non-hydrogen) atoms. The van der Waals surface area contributed by atoms with E-state index in [0.717, 1.165) is 0 Å². The predicted molar refractivity (Wildman–Crippen MR) is 166 cm³/mol. The summed E-state index contributed by atoms with van der Waals surface area (Å²) in [7, 11) is 4.19. The first kappa shape index (κ1) is 30.7. The van der Waals surface area contributed by atoms with Crippen molar-refractivity contribution in [1.82, 2.24) is 0 Å². The maximum atomic E-state index is 4.69. The van der Waals surface area contributed by atoms with Gasteiger partial charge in [0.1, 0.15) is 0 Å². The van der Waals surface area contributed by atoms with Gasteiger partial charge in [0.15, 0.2) is 0 Å². The summed E-state index contributed by atoms with van der Waals surface area (Å²) in [6.07, 6.45) is 0. The van der Waals surface area contributed by atoms with Crippen LogP contribution in [-0.4, -0.2) is 29.3 Å². The molecule has 0 saturated heterocycles. The third-order valence-electron chi connectivity index (χ3n) is 6.41. The third-order valence-corrected chi connectivity index (χ3v) is 12.8. The normalized spacial score (nSPS) is 11.6. The van der Waals surface area contributed by atoms with Crippen LogP contribution in [0.15, 0.2) is 78.9 Å². The molecule has 0 amide bonds. The van der Waals surface area contributed by atoms with E-state index in [1.165, 1.54) is 34.3 Å². The summed E-state index contributed by atoms with van der Waals surface area (Å²) < 4.78 is 0. The first-order valence-electron chi connectivity index (χ1n) is 12.7. The fourth-order valence-electron chi connectivity index (χ4n) is 5.41. The number of hydrogen-bond donors (Lipinski definition) is 0. The predicted octanol–water partition coefficient (Wildman–Crippen LogP) is 6.20. The molecule has 192 valence electrons. The maximum absolute atomic E-state index is 4.69. The SMILES string of the molecule is CC(C)P(c1ccccc1B(c1ccccc1)c1ccccc1P(C(C)C)C(C)C)C(C)C.[Cl][IrH2]. The molecule has 3 rings (SSSR count). The van der Waals surface area contributed by atoms with E-state index in [-0.39, 0.29) is 22.6 Å². The van der Waals surface area contributed by atoms with Crippen molar-refractivity contribution >= 4 is 59.1 Å². The van der Waals surface area contributed by atoms with Crippen LogP contribution in [0.1, 0.15) is 55.4 Å². The Morgan fingerprint density at radius 3 is 1.17 bits per heavy atom. The van der Waals surface area contributed by atoms with Crippen LogP contribution in [-0.2, 0) is 17.9 Å². The molecule has 0 nitrogen and oxygen atoms in total. The molecule has 0 aliphatic heterocycles. The van der Waals surface area contributed by atoms with E-state index in [1.54, 1.807) is 10.6 Å². The van der Waals surface area contributed by atoms with Gasteiger partial charge < -0.3 is 0 Å². The Morgan fingerprint density at radius 2 is 0.829 bits per heavy atom. The second-order valence-corrected chi connectivity index (χ2v) is 16.9. The van der Waals surface area contributed by atoms with Gasteiger partial charge in [0.2, 0.25) is 6.71 Å². The van der Waals surface area contributed by atoms with E-state index in [0.29, 0.717) is 22.6 Å². The Hall–Kier alpha value is -0.476. The van der Waals surface area contributed by atoms with Gasteiger partial charge in [-0.15, -0.1) is 0 Å². The minimum atomic E-state index is -0.252. The van der Waals surface area contributed by atoms with Crippen LogP contribution < -0.4 is 27.0 Å². The number of rotatable bonds is 9. The third kappa shape index (κ3) is 7.76. The van der Waals surface area contributed by atoms with Crippen LogP contribution in [0.4, 0.5) is 0 Å². The monoisotopic (exact) mass is 704 g/mol. The quantitative estimate of drug-likeness (QED) is 0.184. The van der Waals surface area contributed by atoms with Crippen LogP contribution in [0.25, 0.3) is 0 Å². The van der Waals surface area contributed by atoms with E-state index in [2.05, 4.69) is 134 Å². The van der Waals surface area contributed by atoms with E-state index in [9.17, 15) is 0 Å². The van der Waals surface area contributed by atoms with Crippen molar-refractivity contribution < 1.29 is 17.9 Å². The topological polar surface area (TPSA) is 0 Å². The van der Waals surface area contributed by atoms with Crippen LogP contribution in [0.2, 0.25) is 0 Å². The van der Waals surface area contributed by atoms with Gasteiger partial charge in [-0.25, -0.2) is 0 Å². The van der Waals surface area contributed by atoms with E-state index >= 15 is 0 Å². The van der Waals surface area contributed by atoms with Crippen molar-refractivity contribution in [2.45, 2.75) is 78.0 Å². The molecule has 0 bridgehead atoms. The summed E-state index contributed by atoms with van der Waals surface area (Å²) in [4.78, 5) is 0. The van der Waals surface area contributed by atoms with Crippen molar-refractivity contribution in [2.75, 3.05) is 0 Å². The minimum absolute atomic E-state index is 0.252. The Morgan fingerprint density at radius 1 is 0.514 bits per heavy atom. The second kappa shape index (κ2) is 15.1. The molecule has 0 unspecified atom stereocenters. The molecule has 0 spiro atoms. The first-order chi connectivity index (χ1) is 16.7. The van der Waals surface area contributed by atoms with E-state index in [1.807, 2.05) is 0 Å². The van der Waals surface area contributed by atoms with E-state index < -0.39 is 0 Å². The summed E-state index contributed by atoms with van der Waals surface area (Å²) in [6, 6.07) is 29.9. The zero-order valence-corrected chi connectivity index (χ0v) is 27.8. The molecule has 0 heterocycles. The molecule has 0 fully saturated rings. The van der Waals surface area contributed by atoms with Crippen molar-refractivity contribution in [3.8, 4) is 0 Å². The molecule has 3 aromatic rings. The van der Waals surface area contributed by atoms with Crippen molar-refractivity contribution in [2.24, 2.45) is 0 Å². The van der Waals surface area contributed by atoms with Gasteiger partial charge in [-0.3, -0.25) is 0 Å². The molecule has 0 N–H and O–H groups in total. The average molecular weight is 704 g/mol. The van der Waals surface area contributed by atoms with Gasteiger partial charge in [-0.2, -0.15) is 0 Å². The van der Waals surface area contributed by atoms with Crippen LogP contribution in [0, 0.1) is 0 Å². The fraction of sp³-hybridized carbons (Fsp3) is 0.400. The Balaban J connectivity index is 0.00000210. The molecule has 0 aliphatic carbocycles. The molecule has 0 radical (unpaired) electrons. The molecule has 0 atom stereocenters. The van der Waals surface area contributed by atoms with Crippen molar-refractivity contribution in [3.63, 3.8) is 0 Å². The Kier molecular flexibility index (Phi) is 13.2. The van der Waals surface area contributed by atoms with E-state index in [4.69, 9.17) is 9.58 Å². The van der Waals surface area contributed by atoms with Crippen molar-refractivity contribution in [3.05, 3.63) is 78.9 Å². The second-order valence-electron chi connectivity index (χ2n) is 10.2. The van der Waals surface area contributed by atoms with Crippen LogP contribution >= 0.6 is 25.4 Å². The summed E-state index contributed by atoms with van der Waals surface area (Å²) >= 11 is 1.19. The molecular formula is C30H43BClIrP2. The van der Waals surface area contributed by atoms with Gasteiger partial charge in [-0.05, 0) is 33.2 Å². The summed E-state index contributed by atoms with van der Waals surface area (Å²) in [5.74, 6) is 0. The van der Waals surface area contributed by atoms with Crippen LogP contribution in [0.3, 0.4) is 0 Å². The zero-order valence-electron chi connectivity index (χ0n) is 22.5. The molecular weight excluding hydrogens is 661 g/mol. The molecule has 0 aromatic heterocycles. The fourth-order valence-corrected chi connectivity index (χ4v) is 11.5. The van der Waals surface area contributed by atoms with Gasteiger partial charge in [0.25, 0.3) is 0 Å². The Bertz CT molecular complexity index is 944. The zero-order chi connectivity index (χ0) is 26.1. The van der Waals surface area contributed by atoms with Gasteiger partial charge in [0.05, 0.1) is 0 Å². The van der Waals surface area contributed by atoms with Gasteiger partial charge in [0, 0.05) is 0 Å². The summed E-state index contributed by atoms with van der Waals surface area (Å²) in [5.41, 5.74) is 7.07. The number of halogens is 1. The first-order valence-corrected chi connectivity index (χ1v) is 19.0. The van der Waals surface area contributed by atoms with Gasteiger partial charge in [-0.1, -0.05) is 166 Å². The number of hydrogen-bond acceptors (Lipinski definition) is 0. The summed E-state index contributed by atoms with van der Waals surface area (Å²) in [5, 5.41) is 3.17.